The van der Waals surface area contributed by atoms with Gasteiger partial charge in [0.15, 0.2) is 5.00 Å². The van der Waals surface area contributed by atoms with Crippen molar-refractivity contribution in [3.8, 4) is 0 Å². The van der Waals surface area contributed by atoms with Crippen molar-refractivity contribution in [1.82, 2.24) is 4.57 Å². The van der Waals surface area contributed by atoms with E-state index in [2.05, 4.69) is 4.90 Å². The van der Waals surface area contributed by atoms with Gasteiger partial charge in [0.25, 0.3) is 0 Å². The van der Waals surface area contributed by atoms with E-state index in [1.54, 1.807) is 17.4 Å². The second kappa shape index (κ2) is 5.66. The molecule has 2 aromatic rings. The second-order valence-electron chi connectivity index (χ2n) is 5.06. The Hall–Kier alpha value is -1.82. The Morgan fingerprint density at radius 2 is 1.90 bits per heavy atom. The second-order valence-corrected chi connectivity index (χ2v) is 6.18. The number of thiophene rings is 1. The molecule has 20 heavy (non-hydrogen) atoms. The summed E-state index contributed by atoms with van der Waals surface area (Å²) in [6.45, 7) is 2.57. The fraction of sp³-hybridized carbons (Fsp3) is 0.429. The van der Waals surface area contributed by atoms with Crippen molar-refractivity contribution in [3.05, 3.63) is 45.6 Å². The van der Waals surface area contributed by atoms with Crippen LogP contribution in [0, 0.1) is 10.1 Å². The number of aromatic nitrogens is 1. The molecule has 0 radical (unpaired) electrons. The summed E-state index contributed by atoms with van der Waals surface area (Å²) in [6.07, 6.45) is 7.44. The SMILES string of the molecule is O=[N+]([O-])c1cc(Cn2cccc2)sc1N1CCCCC1. The molecule has 2 aromatic heterocycles. The van der Waals surface area contributed by atoms with E-state index in [1.807, 2.05) is 29.1 Å². The first-order chi connectivity index (χ1) is 9.74. The quantitative estimate of drug-likeness (QED) is 0.640. The fourth-order valence-corrected chi connectivity index (χ4v) is 3.79. The molecule has 1 saturated heterocycles. The van der Waals surface area contributed by atoms with Gasteiger partial charge in [-0.15, -0.1) is 11.3 Å². The lowest BCUT2D eigenvalue weighted by Gasteiger charge is -2.26. The molecule has 0 bridgehead atoms. The van der Waals surface area contributed by atoms with Crippen molar-refractivity contribution in [2.75, 3.05) is 18.0 Å². The first-order valence-electron chi connectivity index (χ1n) is 6.87. The largest absolute Gasteiger partial charge is 0.358 e. The molecule has 1 aliphatic rings. The molecule has 106 valence electrons. The molecule has 3 heterocycles. The highest BCUT2D eigenvalue weighted by atomic mass is 32.1. The Kier molecular flexibility index (Phi) is 3.73. The highest BCUT2D eigenvalue weighted by molar-refractivity contribution is 7.16. The molecule has 1 aliphatic heterocycles. The van der Waals surface area contributed by atoms with Crippen LogP contribution in [0.4, 0.5) is 10.7 Å². The van der Waals surface area contributed by atoms with Crippen LogP contribution in [0.25, 0.3) is 0 Å². The van der Waals surface area contributed by atoms with Crippen molar-refractivity contribution >= 4 is 22.0 Å². The van der Waals surface area contributed by atoms with Crippen LogP contribution in [0.2, 0.25) is 0 Å². The van der Waals surface area contributed by atoms with Crippen molar-refractivity contribution in [2.45, 2.75) is 25.8 Å². The summed E-state index contributed by atoms with van der Waals surface area (Å²) in [5.41, 5.74) is 0.263. The van der Waals surface area contributed by atoms with Gasteiger partial charge < -0.3 is 9.47 Å². The molecule has 1 fully saturated rings. The molecule has 0 aliphatic carbocycles. The molecule has 5 nitrogen and oxygen atoms in total. The van der Waals surface area contributed by atoms with Gasteiger partial charge in [-0.1, -0.05) is 0 Å². The average Bonchev–Trinajstić information content (AvgIpc) is 3.10. The minimum Gasteiger partial charge on any atom is -0.358 e. The van der Waals surface area contributed by atoms with Gasteiger partial charge >= 0.3 is 5.69 Å². The van der Waals surface area contributed by atoms with Crippen LogP contribution in [0.5, 0.6) is 0 Å². The standard InChI is InChI=1S/C14H17N3O2S/c18-17(19)13-10-12(11-15-6-4-5-7-15)20-14(13)16-8-2-1-3-9-16/h4-7,10H,1-3,8-9,11H2. The number of hydrogen-bond acceptors (Lipinski definition) is 4. The summed E-state index contributed by atoms with van der Waals surface area (Å²) in [4.78, 5) is 14.2. The minimum atomic E-state index is -0.250. The summed E-state index contributed by atoms with van der Waals surface area (Å²) in [6, 6.07) is 5.66. The van der Waals surface area contributed by atoms with Crippen LogP contribution < -0.4 is 4.90 Å². The zero-order chi connectivity index (χ0) is 13.9. The number of nitro groups is 1. The smallest absolute Gasteiger partial charge is 0.303 e. The van der Waals surface area contributed by atoms with Gasteiger partial charge in [-0.3, -0.25) is 10.1 Å². The number of nitrogens with zero attached hydrogens (tertiary/aromatic N) is 3. The first-order valence-corrected chi connectivity index (χ1v) is 7.68. The highest BCUT2D eigenvalue weighted by Gasteiger charge is 2.25. The molecular formula is C14H17N3O2S. The number of hydrogen-bond donors (Lipinski definition) is 0. The van der Waals surface area contributed by atoms with Crippen LogP contribution in [0.15, 0.2) is 30.6 Å². The van der Waals surface area contributed by atoms with E-state index in [0.29, 0.717) is 6.54 Å². The summed E-state index contributed by atoms with van der Waals surface area (Å²) >= 11 is 1.56. The van der Waals surface area contributed by atoms with Gasteiger partial charge in [-0.25, -0.2) is 0 Å². The maximum absolute atomic E-state index is 11.3. The Morgan fingerprint density at radius 3 is 2.55 bits per heavy atom. The third-order valence-electron chi connectivity index (χ3n) is 3.59. The highest BCUT2D eigenvalue weighted by Crippen LogP contribution is 2.39. The molecule has 0 aromatic carbocycles. The van der Waals surface area contributed by atoms with Crippen LogP contribution >= 0.6 is 11.3 Å². The molecule has 0 saturated carbocycles. The third-order valence-corrected chi connectivity index (χ3v) is 4.76. The Balaban J connectivity index is 1.87. The Labute approximate surface area is 121 Å². The number of piperidine rings is 1. The van der Waals surface area contributed by atoms with Crippen molar-refractivity contribution < 1.29 is 4.92 Å². The van der Waals surface area contributed by atoms with E-state index >= 15 is 0 Å². The van der Waals surface area contributed by atoms with Gasteiger partial charge in [0.1, 0.15) is 0 Å². The lowest BCUT2D eigenvalue weighted by molar-refractivity contribution is -0.383. The number of anilines is 1. The summed E-state index contributed by atoms with van der Waals surface area (Å²) in [7, 11) is 0. The van der Waals surface area contributed by atoms with Gasteiger partial charge in [0, 0.05) is 36.4 Å². The zero-order valence-electron chi connectivity index (χ0n) is 11.2. The van der Waals surface area contributed by atoms with Crippen LogP contribution in [0.3, 0.4) is 0 Å². The Bertz CT molecular complexity index is 586. The minimum absolute atomic E-state index is 0.250. The normalized spacial score (nSPS) is 15.5. The molecule has 6 heteroatoms. The molecule has 0 atom stereocenters. The van der Waals surface area contributed by atoms with Crippen LogP contribution in [-0.2, 0) is 6.54 Å². The van der Waals surface area contributed by atoms with Crippen molar-refractivity contribution in [3.63, 3.8) is 0 Å². The average molecular weight is 291 g/mol. The van der Waals surface area contributed by atoms with Gasteiger partial charge in [-0.05, 0) is 31.4 Å². The Morgan fingerprint density at radius 1 is 1.20 bits per heavy atom. The number of rotatable bonds is 4. The summed E-state index contributed by atoms with van der Waals surface area (Å²) in [5.74, 6) is 0. The molecule has 0 unspecified atom stereocenters. The maximum Gasteiger partial charge on any atom is 0.303 e. The maximum atomic E-state index is 11.3. The lowest BCUT2D eigenvalue weighted by Crippen LogP contribution is -2.29. The predicted molar refractivity (Wildman–Crippen MR) is 80.6 cm³/mol. The first kappa shape index (κ1) is 13.2. The molecule has 0 spiro atoms. The van der Waals surface area contributed by atoms with Gasteiger partial charge in [0.05, 0.1) is 11.5 Å². The van der Waals surface area contributed by atoms with E-state index in [9.17, 15) is 10.1 Å². The van der Waals surface area contributed by atoms with E-state index in [0.717, 1.165) is 35.8 Å². The molecule has 0 N–H and O–H groups in total. The fourth-order valence-electron chi connectivity index (χ4n) is 2.61. The van der Waals surface area contributed by atoms with Crippen LogP contribution in [-0.4, -0.2) is 22.6 Å². The van der Waals surface area contributed by atoms with Crippen molar-refractivity contribution in [2.24, 2.45) is 0 Å². The zero-order valence-corrected chi connectivity index (χ0v) is 12.0. The van der Waals surface area contributed by atoms with E-state index in [-0.39, 0.29) is 10.6 Å². The summed E-state index contributed by atoms with van der Waals surface area (Å²) < 4.78 is 2.04. The molecule has 0 amide bonds. The van der Waals surface area contributed by atoms with E-state index in [4.69, 9.17) is 0 Å². The molecular weight excluding hydrogens is 274 g/mol. The lowest BCUT2D eigenvalue weighted by atomic mass is 10.1. The third kappa shape index (κ3) is 2.70. The van der Waals surface area contributed by atoms with Crippen molar-refractivity contribution in [1.29, 1.82) is 0 Å². The van der Waals surface area contributed by atoms with Crippen LogP contribution in [0.1, 0.15) is 24.1 Å². The van der Waals surface area contributed by atoms with E-state index < -0.39 is 0 Å². The monoisotopic (exact) mass is 291 g/mol. The van der Waals surface area contributed by atoms with Gasteiger partial charge in [-0.2, -0.15) is 0 Å². The topological polar surface area (TPSA) is 51.3 Å². The predicted octanol–water partition coefficient (Wildman–Crippen LogP) is 3.50. The van der Waals surface area contributed by atoms with E-state index in [1.165, 1.54) is 6.42 Å². The summed E-state index contributed by atoms with van der Waals surface area (Å²) in [5, 5.41) is 12.1. The molecule has 3 rings (SSSR count). The van der Waals surface area contributed by atoms with Gasteiger partial charge in [0.2, 0.25) is 0 Å².